The van der Waals surface area contributed by atoms with Gasteiger partial charge in [0.2, 0.25) is 17.6 Å². The number of aliphatic hydroxyl groups is 1. The molecule has 24 nitrogen and oxygen atoms in total. The number of cyclic esters (lactones) is 1. The third-order valence-electron chi connectivity index (χ3n) is 17.5. The van der Waals surface area contributed by atoms with E-state index in [-0.39, 0.29) is 105 Å². The lowest BCUT2D eigenvalue weighted by molar-refractivity contribution is -0.170. The molecule has 1 unspecified atom stereocenters. The average molecular weight is 1290 g/mol. The van der Waals surface area contributed by atoms with Gasteiger partial charge in [-0.05, 0) is 119 Å². The van der Waals surface area contributed by atoms with Gasteiger partial charge in [-0.3, -0.25) is 43.2 Å². The van der Waals surface area contributed by atoms with Gasteiger partial charge in [0.25, 0.3) is 5.91 Å². The first kappa shape index (κ1) is 76.8. The molecule has 0 aromatic heterocycles. The highest BCUT2D eigenvalue weighted by Crippen LogP contribution is 2.36. The monoisotopic (exact) mass is 1290 g/mol. The van der Waals surface area contributed by atoms with Crippen LogP contribution >= 0.6 is 11.8 Å². The molecule has 3 fully saturated rings. The molecule has 90 heavy (non-hydrogen) atoms. The Bertz CT molecular complexity index is 2560. The molecular weight excluding hydrogens is 1190 g/mol. The second kappa shape index (κ2) is 39.0. The van der Waals surface area contributed by atoms with Crippen LogP contribution in [-0.4, -0.2) is 205 Å². The first-order valence-corrected chi connectivity index (χ1v) is 32.7. The standard InChI is InChI=1S/C65H100N4O20S/c1-37-16-12-11-13-17-38(2)51(83-8)32-45-21-19-39(3)60(88-45)59(77)63(79)69-25-15-14-18-48(69)65(82)89-52(33-49(70)40(4)29-43(7)58(76)61(85-10)57(75)42(6)28-37)41(5)30-44-20-23-50(53(31-44)84-9)86-26-27-87-56(74)36-90-35-47(62(78)67-34-55(72)73)68-54(71)24-22-46(66)64(80)81/h11-13,16-17,29,37,39-42,44-48,50-53,58,60-61,76H,14-15,18-28,30-36,66H2,1-10H3,(H,67,78)(H,68,71)(H,72,73)(H,80,81)/b13-11?,16-12-,38-17?,43-29+/t37-,39+,40+,41+,42+,44-,45-,46-,47-,48-,50+,51-,52?,53+,58+,60+,61-/m0/s1. The number of amides is 3. The van der Waals surface area contributed by atoms with Crippen molar-refractivity contribution < 1.29 is 96.4 Å². The van der Waals surface area contributed by atoms with E-state index in [2.05, 4.69) is 10.6 Å². The third kappa shape index (κ3) is 24.8. The number of esters is 2. The SMILES string of the molecule is CO[C@H]1C[C@@H]2CC[C@@H](C)[C@@H](O2)C(=O)C(=O)N2CCCC[C@H]2C(=O)OC([C@H](C)C[C@@H]2CC[C@@H](OCCOC(=O)CSC[C@H](NC(=O)CC[C@H](N)C(=O)O)C(=O)NCC(=O)O)[C@H](OC)C2)CC(=O)[C@H](C)/C=C(\C)[C@@H](O)[C@@H](OC)C(=O)[C@H](C)C[C@@H](C)/C=C\C=CC=C1C. The smallest absolute Gasteiger partial charge is 0.329 e. The number of piperidine rings is 1. The van der Waals surface area contributed by atoms with Gasteiger partial charge >= 0.3 is 23.9 Å². The number of fused-ring (bicyclic) bond motifs is 3. The average Bonchev–Trinajstić information content (AvgIpc) is 1.13. The van der Waals surface area contributed by atoms with Crippen molar-refractivity contribution in [2.75, 3.05) is 59.1 Å². The number of carboxylic acids is 2. The van der Waals surface area contributed by atoms with E-state index in [9.17, 15) is 53.1 Å². The molecule has 1 saturated carbocycles. The lowest BCUT2D eigenvalue weighted by atomic mass is 9.78. The van der Waals surface area contributed by atoms with E-state index in [1.165, 1.54) is 12.0 Å². The number of carboxylic acid groups (broad SMARTS) is 2. The number of carbonyl (C=O) groups excluding carboxylic acids is 8. The summed E-state index contributed by atoms with van der Waals surface area (Å²) in [6.07, 6.45) is 10.2. The number of aliphatic carboxylic acids is 2. The van der Waals surface area contributed by atoms with E-state index in [0.717, 1.165) is 17.3 Å². The first-order chi connectivity index (χ1) is 42.7. The minimum absolute atomic E-state index is 0.00321. The van der Waals surface area contributed by atoms with Crippen LogP contribution in [0.2, 0.25) is 0 Å². The molecule has 506 valence electrons. The van der Waals surface area contributed by atoms with Crippen LogP contribution < -0.4 is 16.4 Å². The maximum atomic E-state index is 14.7. The van der Waals surface area contributed by atoms with Crippen molar-refractivity contribution in [3.63, 3.8) is 0 Å². The van der Waals surface area contributed by atoms with E-state index in [4.69, 9.17) is 49.1 Å². The molecule has 4 aliphatic rings. The number of allylic oxidation sites excluding steroid dienone is 6. The second-order valence-electron chi connectivity index (χ2n) is 24.7. The van der Waals surface area contributed by atoms with Gasteiger partial charge in [0.05, 0.1) is 36.8 Å². The molecular formula is C65H100N4O20S. The van der Waals surface area contributed by atoms with E-state index < -0.39 is 120 Å². The van der Waals surface area contributed by atoms with Crippen LogP contribution in [0.5, 0.6) is 0 Å². The number of ketones is 3. The summed E-state index contributed by atoms with van der Waals surface area (Å²) in [4.78, 5) is 133. The van der Waals surface area contributed by atoms with Crippen LogP contribution in [0.15, 0.2) is 47.6 Å². The number of hydrogen-bond donors (Lipinski definition) is 6. The van der Waals surface area contributed by atoms with Gasteiger partial charge in [-0.1, -0.05) is 71.1 Å². The molecule has 3 heterocycles. The quantitative estimate of drug-likeness (QED) is 0.0358. The summed E-state index contributed by atoms with van der Waals surface area (Å²) in [5.41, 5.74) is 6.76. The Labute approximate surface area is 533 Å². The number of nitrogens with two attached hydrogens (primary N) is 1. The Morgan fingerprint density at radius 3 is 2.27 bits per heavy atom. The van der Waals surface area contributed by atoms with Gasteiger partial charge in [-0.15, -0.1) is 11.8 Å². The van der Waals surface area contributed by atoms with Gasteiger partial charge in [0, 0.05) is 64.7 Å². The molecule has 7 N–H and O–H groups in total. The summed E-state index contributed by atoms with van der Waals surface area (Å²) in [5.74, 6) is -10.0. The predicted molar refractivity (Wildman–Crippen MR) is 333 cm³/mol. The van der Waals surface area contributed by atoms with Crippen molar-refractivity contribution in [3.8, 4) is 0 Å². The second-order valence-corrected chi connectivity index (χ2v) is 25.8. The minimum Gasteiger partial charge on any atom is -0.480 e. The highest BCUT2D eigenvalue weighted by molar-refractivity contribution is 8.00. The molecule has 2 saturated heterocycles. The number of methoxy groups -OCH3 is 3. The minimum atomic E-state index is -1.36. The van der Waals surface area contributed by atoms with Crippen LogP contribution in [0.3, 0.4) is 0 Å². The predicted octanol–water partition coefficient (Wildman–Crippen LogP) is 5.04. The summed E-state index contributed by atoms with van der Waals surface area (Å²) in [7, 11) is 4.53. The molecule has 4 rings (SSSR count). The normalized spacial score (nSPS) is 31.1. The first-order valence-electron chi connectivity index (χ1n) is 31.5. The molecule has 25 heteroatoms. The van der Waals surface area contributed by atoms with Gasteiger partial charge in [-0.2, -0.15) is 0 Å². The van der Waals surface area contributed by atoms with Gasteiger partial charge in [0.1, 0.15) is 61.5 Å². The highest BCUT2D eigenvalue weighted by Gasteiger charge is 2.44. The molecule has 0 aromatic carbocycles. The van der Waals surface area contributed by atoms with Gasteiger partial charge in [-0.25, -0.2) is 4.79 Å². The lowest BCUT2D eigenvalue weighted by Gasteiger charge is -2.39. The van der Waals surface area contributed by atoms with Crippen LogP contribution in [0.4, 0.5) is 0 Å². The molecule has 3 aliphatic heterocycles. The fourth-order valence-electron chi connectivity index (χ4n) is 12.1. The Hall–Kier alpha value is -5.67. The molecule has 2 bridgehead atoms. The number of rotatable bonds is 22. The molecule has 3 amide bonds. The summed E-state index contributed by atoms with van der Waals surface area (Å²) >= 11 is 0.946. The van der Waals surface area contributed by atoms with E-state index in [1.807, 2.05) is 58.1 Å². The van der Waals surface area contributed by atoms with Gasteiger partial charge in [0.15, 0.2) is 5.78 Å². The van der Waals surface area contributed by atoms with Crippen LogP contribution in [0, 0.1) is 35.5 Å². The molecule has 1 aliphatic carbocycles. The van der Waals surface area contributed by atoms with E-state index in [0.29, 0.717) is 69.8 Å². The van der Waals surface area contributed by atoms with Crippen molar-refractivity contribution in [2.24, 2.45) is 41.2 Å². The summed E-state index contributed by atoms with van der Waals surface area (Å²) in [5, 5.41) is 34.2. The Morgan fingerprint density at radius 2 is 1.59 bits per heavy atom. The Kier molecular flexibility index (Phi) is 33.3. The third-order valence-corrected chi connectivity index (χ3v) is 18.5. The zero-order valence-corrected chi connectivity index (χ0v) is 55.0. The Balaban J connectivity index is 1.49. The topological polar surface area (TPSA) is 349 Å². The van der Waals surface area contributed by atoms with E-state index in [1.54, 1.807) is 41.1 Å². The van der Waals surface area contributed by atoms with Crippen LogP contribution in [0.25, 0.3) is 0 Å². The van der Waals surface area contributed by atoms with Crippen molar-refractivity contribution in [1.29, 1.82) is 0 Å². The number of thioether (sulfide) groups is 1. The zero-order valence-electron chi connectivity index (χ0n) is 54.1. The number of hydrogen-bond acceptors (Lipinski definition) is 20. The molecule has 0 radical (unpaired) electrons. The van der Waals surface area contributed by atoms with Crippen molar-refractivity contribution in [1.82, 2.24) is 15.5 Å². The molecule has 0 aromatic rings. The van der Waals surface area contributed by atoms with Gasteiger partial charge < -0.3 is 69.7 Å². The zero-order chi connectivity index (χ0) is 66.8. The maximum absolute atomic E-state index is 14.7. The summed E-state index contributed by atoms with van der Waals surface area (Å²) < 4.78 is 41.8. The number of Topliss-reactive ketones (excluding diaryl/α,β-unsaturated/α-hetero) is 3. The van der Waals surface area contributed by atoms with E-state index >= 15 is 0 Å². The van der Waals surface area contributed by atoms with Crippen LogP contribution in [-0.2, 0) is 81.1 Å². The van der Waals surface area contributed by atoms with Crippen molar-refractivity contribution >= 4 is 70.7 Å². The largest absolute Gasteiger partial charge is 0.480 e. The molecule has 0 spiro atoms. The maximum Gasteiger partial charge on any atom is 0.329 e. The number of aliphatic hydroxyl groups excluding tert-OH is 1. The van der Waals surface area contributed by atoms with Crippen molar-refractivity contribution in [3.05, 3.63) is 47.6 Å². The number of nitrogens with zero attached hydrogens (tertiary/aromatic N) is 1. The molecule has 17 atom stereocenters. The number of ether oxygens (including phenoxy) is 7. The Morgan fingerprint density at radius 1 is 0.856 bits per heavy atom. The fourth-order valence-corrected chi connectivity index (χ4v) is 12.9. The van der Waals surface area contributed by atoms with Crippen LogP contribution in [0.1, 0.15) is 138 Å². The van der Waals surface area contributed by atoms with Crippen molar-refractivity contribution in [2.45, 2.75) is 205 Å². The fraction of sp³-hybridized carbons (Fsp3) is 0.723. The lowest BCUT2D eigenvalue weighted by Crippen LogP contribution is -2.55. The summed E-state index contributed by atoms with van der Waals surface area (Å²) in [6, 6.07) is -3.66. The number of nitrogens with one attached hydrogen (secondary N) is 2. The number of carbonyl (C=O) groups is 10. The highest BCUT2D eigenvalue weighted by atomic mass is 32.2. The summed E-state index contributed by atoms with van der Waals surface area (Å²) in [6.45, 7) is 12.1.